The van der Waals surface area contributed by atoms with Gasteiger partial charge >= 0.3 is 0 Å². The molecule has 1 saturated heterocycles. The molecule has 0 spiro atoms. The van der Waals surface area contributed by atoms with Crippen LogP contribution >= 0.6 is 0 Å². The number of rotatable bonds is 2. The van der Waals surface area contributed by atoms with Gasteiger partial charge in [0.1, 0.15) is 0 Å². The molecule has 1 fully saturated rings. The highest BCUT2D eigenvalue weighted by molar-refractivity contribution is 5.24. The zero-order valence-corrected chi connectivity index (χ0v) is 8.96. The SMILES string of the molecule is C[15NH][C@@]1(c2ccccc2)CCCN1C. The Labute approximate surface area is 85.9 Å². The Balaban J connectivity index is 2.38. The van der Waals surface area contributed by atoms with Gasteiger partial charge in [0.15, 0.2) is 0 Å². The molecule has 0 bridgehead atoms. The molecule has 76 valence electrons. The fourth-order valence-corrected chi connectivity index (χ4v) is 2.49. The third-order valence-corrected chi connectivity index (χ3v) is 3.35. The largest absolute Gasteiger partial charge is 0.298 e. The smallest absolute Gasteiger partial charge is 0.0970 e. The van der Waals surface area contributed by atoms with E-state index in [4.69, 9.17) is 0 Å². The molecule has 1 aromatic rings. The Morgan fingerprint density at radius 3 is 2.50 bits per heavy atom. The van der Waals surface area contributed by atoms with Gasteiger partial charge in [-0.2, -0.15) is 0 Å². The van der Waals surface area contributed by atoms with Gasteiger partial charge in [-0.3, -0.25) is 10.2 Å². The van der Waals surface area contributed by atoms with Crippen molar-refractivity contribution in [2.75, 3.05) is 20.6 Å². The standard InChI is InChI=1S/C12H18N2/c1-13-12(9-6-10-14(12)2)11-7-4-3-5-8-11/h3-5,7-8,13H,6,9-10H2,1-2H3/t12-/m0/s1/i13+1. The van der Waals surface area contributed by atoms with Gasteiger partial charge in [-0.25, -0.2) is 0 Å². The van der Waals surface area contributed by atoms with Crippen LogP contribution in [0.4, 0.5) is 0 Å². The van der Waals surface area contributed by atoms with Gasteiger partial charge in [0.05, 0.1) is 5.66 Å². The normalized spacial score (nSPS) is 28.1. The van der Waals surface area contributed by atoms with E-state index in [1.54, 1.807) is 0 Å². The molecular formula is C12H18N2. The molecule has 1 atom stereocenters. The molecule has 14 heavy (non-hydrogen) atoms. The van der Waals surface area contributed by atoms with E-state index in [1.807, 2.05) is 0 Å². The van der Waals surface area contributed by atoms with Crippen LogP contribution in [0.5, 0.6) is 0 Å². The van der Waals surface area contributed by atoms with E-state index in [0.717, 1.165) is 0 Å². The van der Waals surface area contributed by atoms with Gasteiger partial charge in [0.25, 0.3) is 0 Å². The van der Waals surface area contributed by atoms with Crippen molar-refractivity contribution in [1.82, 2.24) is 10.2 Å². The van der Waals surface area contributed by atoms with E-state index in [2.05, 4.69) is 54.6 Å². The van der Waals surface area contributed by atoms with Crippen molar-refractivity contribution in [3.05, 3.63) is 35.9 Å². The maximum absolute atomic E-state index is 3.47. The van der Waals surface area contributed by atoms with Crippen LogP contribution in [0.15, 0.2) is 30.3 Å². The topological polar surface area (TPSA) is 15.3 Å². The summed E-state index contributed by atoms with van der Waals surface area (Å²) >= 11 is 0. The number of nitrogens with one attached hydrogen (secondary N) is 1. The third kappa shape index (κ3) is 1.35. The van der Waals surface area contributed by atoms with Crippen LogP contribution in [-0.4, -0.2) is 25.5 Å². The number of benzene rings is 1. The lowest BCUT2D eigenvalue weighted by atomic mass is 9.99. The van der Waals surface area contributed by atoms with Crippen molar-refractivity contribution in [1.29, 1.82) is 0 Å². The molecule has 0 amide bonds. The van der Waals surface area contributed by atoms with Crippen molar-refractivity contribution in [2.45, 2.75) is 18.5 Å². The quantitative estimate of drug-likeness (QED) is 0.717. The molecule has 2 rings (SSSR count). The van der Waals surface area contributed by atoms with E-state index in [-0.39, 0.29) is 5.66 Å². The summed E-state index contributed by atoms with van der Waals surface area (Å²) in [7, 11) is 4.24. The summed E-state index contributed by atoms with van der Waals surface area (Å²) in [5.41, 5.74) is 1.45. The second kappa shape index (κ2) is 3.71. The fourth-order valence-electron chi connectivity index (χ4n) is 2.49. The minimum atomic E-state index is 0.0707. The second-order valence-electron chi connectivity index (χ2n) is 4.00. The molecular weight excluding hydrogens is 173 g/mol. The number of hydrogen-bond acceptors (Lipinski definition) is 2. The molecule has 1 heterocycles. The molecule has 1 aliphatic heterocycles. The molecule has 0 saturated carbocycles. The van der Waals surface area contributed by atoms with Crippen LogP contribution in [0.2, 0.25) is 0 Å². The first-order valence-electron chi connectivity index (χ1n) is 5.25. The first kappa shape index (κ1) is 9.69. The highest BCUT2D eigenvalue weighted by Crippen LogP contribution is 2.34. The third-order valence-electron chi connectivity index (χ3n) is 3.35. The van der Waals surface area contributed by atoms with E-state index in [0.29, 0.717) is 0 Å². The van der Waals surface area contributed by atoms with Crippen molar-refractivity contribution in [2.24, 2.45) is 0 Å². The fraction of sp³-hybridized carbons (Fsp3) is 0.500. The molecule has 1 aromatic carbocycles. The molecule has 2 heteroatoms. The summed E-state index contributed by atoms with van der Waals surface area (Å²) in [5, 5.41) is 3.47. The summed E-state index contributed by atoms with van der Waals surface area (Å²) in [6.07, 6.45) is 2.47. The number of likely N-dealkylation sites (tertiary alicyclic amines) is 1. The lowest BCUT2D eigenvalue weighted by Gasteiger charge is -2.36. The van der Waals surface area contributed by atoms with Gasteiger partial charge in [0, 0.05) is 6.54 Å². The van der Waals surface area contributed by atoms with Crippen LogP contribution in [-0.2, 0) is 5.66 Å². The second-order valence-corrected chi connectivity index (χ2v) is 4.00. The van der Waals surface area contributed by atoms with Gasteiger partial charge in [-0.1, -0.05) is 30.3 Å². The summed E-state index contributed by atoms with van der Waals surface area (Å²) in [6.45, 7) is 1.18. The maximum Gasteiger partial charge on any atom is 0.0970 e. The predicted octanol–water partition coefficient (Wildman–Crippen LogP) is 1.78. The summed E-state index contributed by atoms with van der Waals surface area (Å²) in [5.74, 6) is 0. The van der Waals surface area contributed by atoms with Gasteiger partial charge < -0.3 is 0 Å². The van der Waals surface area contributed by atoms with E-state index in [9.17, 15) is 0 Å². The molecule has 2 nitrogen and oxygen atoms in total. The zero-order valence-electron chi connectivity index (χ0n) is 8.96. The van der Waals surface area contributed by atoms with Crippen LogP contribution < -0.4 is 5.32 Å². The predicted molar refractivity (Wildman–Crippen MR) is 59.0 cm³/mol. The molecule has 1 N–H and O–H groups in total. The van der Waals surface area contributed by atoms with Crippen LogP contribution in [0.3, 0.4) is 0 Å². The van der Waals surface area contributed by atoms with Crippen LogP contribution in [0, 0.1) is 0 Å². The first-order valence-corrected chi connectivity index (χ1v) is 5.25. The zero-order chi connectivity index (χ0) is 10.0. The number of nitrogens with zero attached hydrogens (tertiary/aromatic N) is 1. The average Bonchev–Trinajstić information content (AvgIpc) is 2.62. The Morgan fingerprint density at radius 2 is 2.00 bits per heavy atom. The Bertz CT molecular complexity index is 296. The lowest BCUT2D eigenvalue weighted by Crippen LogP contribution is -2.49. The van der Waals surface area contributed by atoms with Gasteiger partial charge in [0.2, 0.25) is 0 Å². The van der Waals surface area contributed by atoms with Crippen LogP contribution in [0.1, 0.15) is 18.4 Å². The van der Waals surface area contributed by atoms with Crippen molar-refractivity contribution in [3.8, 4) is 0 Å². The highest BCUT2D eigenvalue weighted by Gasteiger charge is 2.38. The minimum absolute atomic E-state index is 0.0707. The first-order chi connectivity index (χ1) is 6.79. The molecule has 0 aliphatic carbocycles. The summed E-state index contributed by atoms with van der Waals surface area (Å²) < 4.78 is 0. The van der Waals surface area contributed by atoms with Crippen molar-refractivity contribution in [3.63, 3.8) is 0 Å². The maximum atomic E-state index is 3.47. The van der Waals surface area contributed by atoms with E-state index < -0.39 is 0 Å². The molecule has 0 unspecified atom stereocenters. The Hall–Kier alpha value is -0.860. The van der Waals surface area contributed by atoms with E-state index >= 15 is 0 Å². The Morgan fingerprint density at radius 1 is 1.29 bits per heavy atom. The van der Waals surface area contributed by atoms with E-state index in [1.165, 1.54) is 24.9 Å². The number of hydrogen-bond donors (Lipinski definition) is 1. The lowest BCUT2D eigenvalue weighted by molar-refractivity contribution is 0.139. The average molecular weight is 191 g/mol. The molecule has 0 aromatic heterocycles. The van der Waals surface area contributed by atoms with Crippen molar-refractivity contribution < 1.29 is 0 Å². The van der Waals surface area contributed by atoms with Gasteiger partial charge in [-0.15, -0.1) is 0 Å². The highest BCUT2D eigenvalue weighted by atomic mass is 15.7. The molecule has 1 aliphatic rings. The van der Waals surface area contributed by atoms with Crippen molar-refractivity contribution >= 4 is 0 Å². The van der Waals surface area contributed by atoms with Crippen LogP contribution in [0.25, 0.3) is 0 Å². The monoisotopic (exact) mass is 191 g/mol. The molecule has 0 radical (unpaired) electrons. The van der Waals surface area contributed by atoms with Gasteiger partial charge in [-0.05, 0) is 32.5 Å². The summed E-state index contributed by atoms with van der Waals surface area (Å²) in [6, 6.07) is 10.7. The Kier molecular flexibility index (Phi) is 2.57. The minimum Gasteiger partial charge on any atom is -0.298 e. The summed E-state index contributed by atoms with van der Waals surface area (Å²) in [4.78, 5) is 2.41.